The molecule has 72 heavy (non-hydrogen) atoms. The third kappa shape index (κ3) is 13.9. The SMILES string of the molecule is O=C(/C=C\C(=O)OC(OCCN1CCC(C(=O)c2ccc(F)cc2)CC1)c1ccc(-c2ccccc2F)cc1)OC(OCCN1CCC(C(=O)c2ccc(F)cc2)CC1)c1ccc(-c2ccccc2F)cc1. The monoisotopic (exact) mass is 982 g/mol. The fraction of sp³-hybridized carbons (Fsp3) is 0.276. The lowest BCUT2D eigenvalue weighted by Gasteiger charge is -2.31. The van der Waals surface area contributed by atoms with Crippen LogP contribution in [0, 0.1) is 35.1 Å². The molecule has 0 amide bonds. The minimum absolute atomic E-state index is 0.0178. The Labute approximate surface area is 415 Å². The average Bonchev–Trinajstić information content (AvgIpc) is 3.40. The Balaban J connectivity index is 0.893. The number of nitrogens with zero attached hydrogens (tertiary/aromatic N) is 2. The van der Waals surface area contributed by atoms with Gasteiger partial charge in [-0.05, 0) is 124 Å². The van der Waals surface area contributed by atoms with Gasteiger partial charge in [-0.15, -0.1) is 0 Å². The number of Topliss-reactive ketones (excluding diaryl/α,β-unsaturated/α-hetero) is 2. The molecule has 2 aliphatic heterocycles. The lowest BCUT2D eigenvalue weighted by molar-refractivity contribution is -0.179. The van der Waals surface area contributed by atoms with E-state index in [1.165, 1.54) is 60.7 Å². The van der Waals surface area contributed by atoms with Gasteiger partial charge in [-0.1, -0.05) is 84.9 Å². The second-order valence-electron chi connectivity index (χ2n) is 17.8. The summed E-state index contributed by atoms with van der Waals surface area (Å²) in [6, 6.07) is 37.3. The van der Waals surface area contributed by atoms with Crippen LogP contribution in [0.1, 0.15) is 70.1 Å². The van der Waals surface area contributed by atoms with Gasteiger partial charge in [-0.2, -0.15) is 0 Å². The zero-order chi connectivity index (χ0) is 50.4. The number of rotatable bonds is 20. The minimum Gasteiger partial charge on any atom is -0.428 e. The zero-order valence-electron chi connectivity index (χ0n) is 39.5. The second-order valence-corrected chi connectivity index (χ2v) is 17.8. The topological polar surface area (TPSA) is 112 Å². The van der Waals surface area contributed by atoms with Crippen LogP contribution in [0.25, 0.3) is 22.3 Å². The first kappa shape index (κ1) is 51.3. The van der Waals surface area contributed by atoms with E-state index in [-0.39, 0.29) is 36.6 Å². The van der Waals surface area contributed by atoms with Gasteiger partial charge in [0.15, 0.2) is 11.6 Å². The van der Waals surface area contributed by atoms with Crippen LogP contribution in [0.5, 0.6) is 0 Å². The average molecular weight is 983 g/mol. The fourth-order valence-electron chi connectivity index (χ4n) is 8.97. The van der Waals surface area contributed by atoms with E-state index in [4.69, 9.17) is 18.9 Å². The Kier molecular flexibility index (Phi) is 17.7. The smallest absolute Gasteiger partial charge is 0.333 e. The van der Waals surface area contributed by atoms with Crippen LogP contribution < -0.4 is 0 Å². The summed E-state index contributed by atoms with van der Waals surface area (Å²) in [7, 11) is 0. The molecule has 6 aromatic rings. The lowest BCUT2D eigenvalue weighted by atomic mass is 9.89. The van der Waals surface area contributed by atoms with Crippen molar-refractivity contribution in [2.24, 2.45) is 11.8 Å². The van der Waals surface area contributed by atoms with Crippen molar-refractivity contribution in [1.82, 2.24) is 9.80 Å². The molecule has 14 heteroatoms. The van der Waals surface area contributed by atoms with Crippen LogP contribution >= 0.6 is 0 Å². The molecule has 0 saturated carbocycles. The molecule has 10 nitrogen and oxygen atoms in total. The molecule has 2 heterocycles. The molecule has 2 saturated heterocycles. The third-order valence-electron chi connectivity index (χ3n) is 13.1. The number of carbonyl (C=O) groups is 4. The summed E-state index contributed by atoms with van der Waals surface area (Å²) in [5, 5.41) is 0. The third-order valence-corrected chi connectivity index (χ3v) is 13.1. The fourth-order valence-corrected chi connectivity index (χ4v) is 8.97. The maximum atomic E-state index is 14.6. The predicted molar refractivity (Wildman–Crippen MR) is 262 cm³/mol. The molecular formula is C58H54F4N2O8. The molecule has 0 spiro atoms. The van der Waals surface area contributed by atoms with Crippen molar-refractivity contribution in [3.05, 3.63) is 203 Å². The highest BCUT2D eigenvalue weighted by molar-refractivity contribution is 5.98. The number of esters is 2. The van der Waals surface area contributed by atoms with Gasteiger partial charge < -0.3 is 28.7 Å². The van der Waals surface area contributed by atoms with Crippen LogP contribution in [0.15, 0.2) is 158 Å². The number of ketones is 2. The molecule has 2 fully saturated rings. The van der Waals surface area contributed by atoms with Gasteiger partial charge in [0.25, 0.3) is 0 Å². The molecule has 0 aromatic heterocycles. The Morgan fingerprint density at radius 2 is 0.819 bits per heavy atom. The largest absolute Gasteiger partial charge is 0.428 e. The van der Waals surface area contributed by atoms with Crippen molar-refractivity contribution in [2.75, 3.05) is 52.5 Å². The molecule has 8 rings (SSSR count). The number of halogens is 4. The highest BCUT2D eigenvalue weighted by atomic mass is 19.1. The number of carbonyl (C=O) groups excluding carboxylic acids is 4. The van der Waals surface area contributed by atoms with Crippen molar-refractivity contribution in [1.29, 1.82) is 0 Å². The van der Waals surface area contributed by atoms with Crippen molar-refractivity contribution in [3.63, 3.8) is 0 Å². The van der Waals surface area contributed by atoms with Crippen molar-refractivity contribution in [2.45, 2.75) is 38.3 Å². The number of piperidine rings is 2. The number of hydrogen-bond acceptors (Lipinski definition) is 10. The van der Waals surface area contributed by atoms with Crippen molar-refractivity contribution < 1.29 is 55.7 Å². The van der Waals surface area contributed by atoms with E-state index in [9.17, 15) is 36.7 Å². The first-order chi connectivity index (χ1) is 35.0. The summed E-state index contributed by atoms with van der Waals surface area (Å²) in [5.41, 5.74) is 3.85. The molecule has 6 aromatic carbocycles. The van der Waals surface area contributed by atoms with Crippen LogP contribution in [0.3, 0.4) is 0 Å². The quantitative estimate of drug-likeness (QED) is 0.0241. The number of ether oxygens (including phenoxy) is 4. The summed E-state index contributed by atoms with van der Waals surface area (Å²) in [6.07, 6.45) is 1.85. The summed E-state index contributed by atoms with van der Waals surface area (Å²) in [4.78, 5) is 57.2. The van der Waals surface area contributed by atoms with Gasteiger partial charge in [0.05, 0.1) is 13.2 Å². The summed E-state index contributed by atoms with van der Waals surface area (Å²) >= 11 is 0. The molecular weight excluding hydrogens is 929 g/mol. The van der Waals surface area contributed by atoms with Gasteiger partial charge in [0.1, 0.15) is 23.3 Å². The number of likely N-dealkylation sites (tertiary alicyclic amines) is 2. The van der Waals surface area contributed by atoms with Crippen molar-refractivity contribution in [3.8, 4) is 22.3 Å². The first-order valence-corrected chi connectivity index (χ1v) is 24.0. The number of hydrogen-bond donors (Lipinski definition) is 0. The van der Waals surface area contributed by atoms with Crippen LogP contribution in [0.4, 0.5) is 17.6 Å². The first-order valence-electron chi connectivity index (χ1n) is 24.0. The van der Waals surface area contributed by atoms with Crippen LogP contribution in [0.2, 0.25) is 0 Å². The van der Waals surface area contributed by atoms with E-state index in [2.05, 4.69) is 9.80 Å². The van der Waals surface area contributed by atoms with E-state index in [1.807, 2.05) is 0 Å². The Hall–Kier alpha value is -7.10. The maximum absolute atomic E-state index is 14.6. The van der Waals surface area contributed by atoms with E-state index in [1.54, 1.807) is 84.9 Å². The van der Waals surface area contributed by atoms with Crippen molar-refractivity contribution >= 4 is 23.5 Å². The zero-order valence-corrected chi connectivity index (χ0v) is 39.5. The van der Waals surface area contributed by atoms with Gasteiger partial charge in [0.2, 0.25) is 12.6 Å². The summed E-state index contributed by atoms with van der Waals surface area (Å²) in [6.45, 7) is 3.66. The van der Waals surface area contributed by atoms with Gasteiger partial charge >= 0.3 is 11.9 Å². The molecule has 2 atom stereocenters. The summed E-state index contributed by atoms with van der Waals surface area (Å²) in [5.74, 6) is -3.84. The molecule has 0 bridgehead atoms. The number of benzene rings is 6. The Morgan fingerprint density at radius 3 is 1.17 bits per heavy atom. The minimum atomic E-state index is -1.22. The van der Waals surface area contributed by atoms with E-state index < -0.39 is 47.8 Å². The standard InChI is InChI=1S/C58H54F4N2O8/c59-47-21-17-41(18-22-47)55(67)43-27-31-63(32-28-43)35-37-69-57(45-13-9-39(10-14-45)49-5-1-3-7-51(49)61)71-53(65)25-26-54(66)72-58(46-15-11-40(12-16-46)50-6-2-4-8-52(50)62)70-38-36-64-33-29-44(30-34-64)56(68)42-19-23-48(60)24-20-42/h1-26,43-44,57-58H,27-38H2/b26-25-. The van der Waals surface area contributed by atoms with Gasteiger partial charge in [-0.3, -0.25) is 9.59 Å². The van der Waals surface area contributed by atoms with Crippen LogP contribution in [-0.2, 0) is 28.5 Å². The molecule has 0 N–H and O–H groups in total. The Bertz CT molecular complexity index is 2620. The molecule has 2 unspecified atom stereocenters. The van der Waals surface area contributed by atoms with Gasteiger partial charge in [0, 0.05) is 70.5 Å². The second kappa shape index (κ2) is 24.8. The molecule has 0 radical (unpaired) electrons. The molecule has 2 aliphatic rings. The molecule has 372 valence electrons. The van der Waals surface area contributed by atoms with Crippen LogP contribution in [-0.4, -0.2) is 85.8 Å². The Morgan fingerprint density at radius 1 is 0.472 bits per heavy atom. The summed E-state index contributed by atoms with van der Waals surface area (Å²) < 4.78 is 80.0. The predicted octanol–water partition coefficient (Wildman–Crippen LogP) is 11.1. The highest BCUT2D eigenvalue weighted by Crippen LogP contribution is 2.30. The lowest BCUT2D eigenvalue weighted by Crippen LogP contribution is -2.38. The van der Waals surface area contributed by atoms with E-state index in [0.29, 0.717) is 109 Å². The molecule has 0 aliphatic carbocycles. The normalized spacial score (nSPS) is 15.8. The van der Waals surface area contributed by atoms with Gasteiger partial charge in [-0.25, -0.2) is 27.2 Å². The highest BCUT2D eigenvalue weighted by Gasteiger charge is 2.28. The maximum Gasteiger partial charge on any atom is 0.333 e. The van der Waals surface area contributed by atoms with E-state index in [0.717, 1.165) is 12.2 Å². The van der Waals surface area contributed by atoms with E-state index >= 15 is 0 Å².